The van der Waals surface area contributed by atoms with Gasteiger partial charge in [-0.25, -0.2) is 0 Å². The molecule has 0 amide bonds. The number of benzene rings is 1. The van der Waals surface area contributed by atoms with Crippen LogP contribution in [0.2, 0.25) is 0 Å². The van der Waals surface area contributed by atoms with E-state index in [-0.39, 0.29) is 6.04 Å². The molecule has 0 aliphatic rings. The van der Waals surface area contributed by atoms with Crippen LogP contribution in [-0.4, -0.2) is 28.6 Å². The van der Waals surface area contributed by atoms with Crippen molar-refractivity contribution in [2.75, 3.05) is 13.7 Å². The van der Waals surface area contributed by atoms with Crippen LogP contribution in [0.5, 0.6) is 5.75 Å². The predicted molar refractivity (Wildman–Crippen MR) is 74.1 cm³/mol. The fourth-order valence-corrected chi connectivity index (χ4v) is 2.06. The third-order valence-electron chi connectivity index (χ3n) is 3.07. The van der Waals surface area contributed by atoms with Gasteiger partial charge in [-0.15, -0.1) is 5.10 Å². The van der Waals surface area contributed by atoms with E-state index in [0.29, 0.717) is 0 Å². The summed E-state index contributed by atoms with van der Waals surface area (Å²) in [7, 11) is 3.59. The van der Waals surface area contributed by atoms with Crippen LogP contribution in [-0.2, 0) is 7.05 Å². The minimum Gasteiger partial charge on any atom is -0.497 e. The molecule has 102 valence electrons. The van der Waals surface area contributed by atoms with E-state index < -0.39 is 0 Å². The van der Waals surface area contributed by atoms with Gasteiger partial charge < -0.3 is 10.1 Å². The van der Waals surface area contributed by atoms with Gasteiger partial charge in [-0.05, 0) is 30.7 Å². The Balaban J connectivity index is 2.34. The topological polar surface area (TPSA) is 52.0 Å². The van der Waals surface area contributed by atoms with Crippen LogP contribution < -0.4 is 10.1 Å². The average Bonchev–Trinajstić information content (AvgIpc) is 2.86. The first-order valence-corrected chi connectivity index (χ1v) is 6.48. The molecule has 1 aromatic carbocycles. The molecule has 0 spiro atoms. The van der Waals surface area contributed by atoms with Crippen LogP contribution in [0.25, 0.3) is 0 Å². The summed E-state index contributed by atoms with van der Waals surface area (Å²) in [6, 6.07) is 8.15. The third-order valence-corrected chi connectivity index (χ3v) is 3.07. The van der Waals surface area contributed by atoms with E-state index >= 15 is 0 Å². The highest BCUT2D eigenvalue weighted by Gasteiger charge is 2.17. The normalized spacial score (nSPS) is 12.4. The fraction of sp³-hybridized carbons (Fsp3) is 0.429. The van der Waals surface area contributed by atoms with Crippen molar-refractivity contribution in [2.24, 2.45) is 7.05 Å². The van der Waals surface area contributed by atoms with Crippen molar-refractivity contribution in [3.63, 3.8) is 0 Å². The van der Waals surface area contributed by atoms with E-state index in [2.05, 4.69) is 28.6 Å². The minimum atomic E-state index is 0.0787. The second kappa shape index (κ2) is 6.33. The molecule has 1 heterocycles. The Kier molecular flexibility index (Phi) is 4.52. The first-order valence-electron chi connectivity index (χ1n) is 6.48. The molecule has 5 heteroatoms. The summed E-state index contributed by atoms with van der Waals surface area (Å²) in [6.07, 6.45) is 2.87. The lowest BCUT2D eigenvalue weighted by molar-refractivity contribution is 0.413. The lowest BCUT2D eigenvalue weighted by Crippen LogP contribution is -2.25. The van der Waals surface area contributed by atoms with Crippen molar-refractivity contribution in [1.82, 2.24) is 20.3 Å². The summed E-state index contributed by atoms with van der Waals surface area (Å²) in [6.45, 7) is 3.09. The first kappa shape index (κ1) is 13.5. The number of hydrogen-bond donors (Lipinski definition) is 1. The molecule has 0 saturated heterocycles. The Morgan fingerprint density at radius 1 is 1.42 bits per heavy atom. The zero-order valence-electron chi connectivity index (χ0n) is 11.6. The second-order valence-corrected chi connectivity index (χ2v) is 4.45. The fourth-order valence-electron chi connectivity index (χ4n) is 2.06. The van der Waals surface area contributed by atoms with E-state index in [4.69, 9.17) is 4.74 Å². The van der Waals surface area contributed by atoms with Gasteiger partial charge in [-0.3, -0.25) is 4.68 Å². The molecule has 5 nitrogen and oxygen atoms in total. The summed E-state index contributed by atoms with van der Waals surface area (Å²) in [4.78, 5) is 0. The van der Waals surface area contributed by atoms with Crippen molar-refractivity contribution in [3.05, 3.63) is 41.7 Å². The number of aryl methyl sites for hydroxylation is 1. The molecule has 0 aliphatic heterocycles. The van der Waals surface area contributed by atoms with Crippen LogP contribution in [0.1, 0.15) is 30.6 Å². The van der Waals surface area contributed by atoms with Gasteiger partial charge in [-0.1, -0.05) is 24.3 Å². The molecule has 2 rings (SSSR count). The zero-order chi connectivity index (χ0) is 13.7. The van der Waals surface area contributed by atoms with Gasteiger partial charge in [0.25, 0.3) is 0 Å². The highest BCUT2D eigenvalue weighted by molar-refractivity contribution is 5.34. The number of methoxy groups -OCH3 is 1. The zero-order valence-corrected chi connectivity index (χ0v) is 11.6. The molecule has 0 saturated carbocycles. The van der Waals surface area contributed by atoms with Crippen LogP contribution in [0.15, 0.2) is 30.5 Å². The smallest absolute Gasteiger partial charge is 0.119 e. The maximum Gasteiger partial charge on any atom is 0.119 e. The maximum atomic E-state index is 5.29. The Labute approximate surface area is 113 Å². The van der Waals surface area contributed by atoms with E-state index in [1.807, 2.05) is 25.2 Å². The van der Waals surface area contributed by atoms with Gasteiger partial charge in [-0.2, -0.15) is 0 Å². The van der Waals surface area contributed by atoms with Crippen LogP contribution >= 0.6 is 0 Å². The number of hydrogen-bond acceptors (Lipinski definition) is 4. The van der Waals surface area contributed by atoms with E-state index in [9.17, 15) is 0 Å². The molecular weight excluding hydrogens is 240 g/mol. The lowest BCUT2D eigenvalue weighted by atomic mass is 10.0. The first-order chi connectivity index (χ1) is 9.26. The van der Waals surface area contributed by atoms with E-state index in [1.165, 1.54) is 0 Å². The number of aromatic nitrogens is 3. The largest absolute Gasteiger partial charge is 0.497 e. The third kappa shape index (κ3) is 3.12. The summed E-state index contributed by atoms with van der Waals surface area (Å²) in [5.41, 5.74) is 2.19. The van der Waals surface area contributed by atoms with Crippen LogP contribution in [0.3, 0.4) is 0 Å². The Bertz CT molecular complexity index is 524. The standard InChI is InChI=1S/C14H20N4O/c1-4-8-15-14(13-10-16-17-18(13)2)11-6-5-7-12(9-11)19-3/h5-7,9-10,14-15H,4,8H2,1-3H3. The molecule has 19 heavy (non-hydrogen) atoms. The Hall–Kier alpha value is -1.88. The number of nitrogens with zero attached hydrogens (tertiary/aromatic N) is 3. The molecule has 0 radical (unpaired) electrons. The van der Waals surface area contributed by atoms with Crippen molar-refractivity contribution < 1.29 is 4.74 Å². The number of ether oxygens (including phenoxy) is 1. The summed E-state index contributed by atoms with van der Waals surface area (Å²) in [5.74, 6) is 0.857. The van der Waals surface area contributed by atoms with Gasteiger partial charge in [0, 0.05) is 7.05 Å². The number of nitrogens with one attached hydrogen (secondary N) is 1. The van der Waals surface area contributed by atoms with Gasteiger partial charge in [0.05, 0.1) is 25.0 Å². The van der Waals surface area contributed by atoms with Crippen molar-refractivity contribution in [2.45, 2.75) is 19.4 Å². The van der Waals surface area contributed by atoms with Gasteiger partial charge in [0.15, 0.2) is 0 Å². The van der Waals surface area contributed by atoms with Crippen molar-refractivity contribution >= 4 is 0 Å². The van der Waals surface area contributed by atoms with Crippen LogP contribution in [0.4, 0.5) is 0 Å². The molecule has 1 atom stereocenters. The highest BCUT2D eigenvalue weighted by Crippen LogP contribution is 2.24. The van der Waals surface area contributed by atoms with Gasteiger partial charge in [0.2, 0.25) is 0 Å². The molecular formula is C14H20N4O. The second-order valence-electron chi connectivity index (χ2n) is 4.45. The Morgan fingerprint density at radius 2 is 2.26 bits per heavy atom. The SMILES string of the molecule is CCCNC(c1cccc(OC)c1)c1cnnn1C. The average molecular weight is 260 g/mol. The molecule has 1 N–H and O–H groups in total. The van der Waals surface area contributed by atoms with Gasteiger partial charge in [0.1, 0.15) is 5.75 Å². The molecule has 1 aromatic heterocycles. The summed E-state index contributed by atoms with van der Waals surface area (Å²) in [5, 5.41) is 11.5. The molecule has 0 fully saturated rings. The summed E-state index contributed by atoms with van der Waals surface area (Å²) < 4.78 is 7.09. The number of rotatable bonds is 6. The maximum absolute atomic E-state index is 5.29. The highest BCUT2D eigenvalue weighted by atomic mass is 16.5. The summed E-state index contributed by atoms with van der Waals surface area (Å²) >= 11 is 0. The molecule has 0 aliphatic carbocycles. The predicted octanol–water partition coefficient (Wildman–Crippen LogP) is 1.91. The van der Waals surface area contributed by atoms with Crippen LogP contribution in [0, 0.1) is 0 Å². The van der Waals surface area contributed by atoms with Crippen molar-refractivity contribution in [1.29, 1.82) is 0 Å². The monoisotopic (exact) mass is 260 g/mol. The lowest BCUT2D eigenvalue weighted by Gasteiger charge is -2.19. The van der Waals surface area contributed by atoms with E-state index in [1.54, 1.807) is 18.0 Å². The van der Waals surface area contributed by atoms with E-state index in [0.717, 1.165) is 30.0 Å². The van der Waals surface area contributed by atoms with Crippen molar-refractivity contribution in [3.8, 4) is 5.75 Å². The van der Waals surface area contributed by atoms with Gasteiger partial charge >= 0.3 is 0 Å². The minimum absolute atomic E-state index is 0.0787. The molecule has 0 bridgehead atoms. The Morgan fingerprint density at radius 3 is 2.89 bits per heavy atom. The molecule has 1 unspecified atom stereocenters. The quantitative estimate of drug-likeness (QED) is 0.862. The molecule has 2 aromatic rings.